The summed E-state index contributed by atoms with van der Waals surface area (Å²) < 4.78 is 0. The Bertz CT molecular complexity index is 172. The molecule has 0 aromatic rings. The third-order valence-corrected chi connectivity index (χ3v) is 2.68. The van der Waals surface area contributed by atoms with Gasteiger partial charge in [-0.2, -0.15) is 0 Å². The summed E-state index contributed by atoms with van der Waals surface area (Å²) in [6, 6.07) is 0.422. The fraction of sp³-hybridized carbons (Fsp3) is 0.889. The minimum absolute atomic E-state index is 0.298. The summed E-state index contributed by atoms with van der Waals surface area (Å²) in [4.78, 5) is 4.73. The molecular weight excluding hydrogens is 164 g/mol. The number of nitrogens with one attached hydrogen (secondary N) is 1. The molecule has 0 amide bonds. The Hall–Kier alpha value is -0.610. The molecule has 0 spiro atoms. The second kappa shape index (κ2) is 4.58. The second-order valence-electron chi connectivity index (χ2n) is 3.92. The van der Waals surface area contributed by atoms with Crippen LogP contribution in [0.1, 0.15) is 13.3 Å². The lowest BCUT2D eigenvalue weighted by molar-refractivity contribution is 0.121. The highest BCUT2D eigenvalue weighted by atomic mass is 15.3. The minimum Gasteiger partial charge on any atom is -0.388 e. The molecule has 4 heteroatoms. The summed E-state index contributed by atoms with van der Waals surface area (Å²) in [5, 5.41) is 7.22. The summed E-state index contributed by atoms with van der Waals surface area (Å²) in [6.45, 7) is 6.60. The molecular formula is C9H20N4. The third kappa shape index (κ3) is 3.32. The molecule has 4 nitrogen and oxygen atoms in total. The molecule has 0 aliphatic carbocycles. The lowest BCUT2D eigenvalue weighted by Gasteiger charge is -2.36. The molecule has 1 heterocycles. The number of nitrogens with two attached hydrogens (primary N) is 1. The van der Waals surface area contributed by atoms with Crippen LogP contribution in [0.5, 0.6) is 0 Å². The average Bonchev–Trinajstić information content (AvgIpc) is 2.04. The van der Waals surface area contributed by atoms with E-state index in [9.17, 15) is 0 Å². The molecule has 1 aliphatic rings. The van der Waals surface area contributed by atoms with Gasteiger partial charge in [0.25, 0.3) is 0 Å². The highest BCUT2D eigenvalue weighted by Gasteiger charge is 2.19. The van der Waals surface area contributed by atoms with Gasteiger partial charge in [0.15, 0.2) is 0 Å². The van der Waals surface area contributed by atoms with E-state index < -0.39 is 0 Å². The van der Waals surface area contributed by atoms with Gasteiger partial charge in [-0.05, 0) is 14.0 Å². The van der Waals surface area contributed by atoms with E-state index in [1.165, 1.54) is 0 Å². The Morgan fingerprint density at radius 2 is 1.92 bits per heavy atom. The van der Waals surface area contributed by atoms with Crippen molar-refractivity contribution in [2.45, 2.75) is 19.4 Å². The van der Waals surface area contributed by atoms with Crippen LogP contribution >= 0.6 is 0 Å². The van der Waals surface area contributed by atoms with Crippen LogP contribution in [0.25, 0.3) is 0 Å². The zero-order valence-electron chi connectivity index (χ0n) is 8.58. The Morgan fingerprint density at radius 3 is 2.38 bits per heavy atom. The van der Waals surface area contributed by atoms with Crippen LogP contribution < -0.4 is 5.73 Å². The van der Waals surface area contributed by atoms with Crippen molar-refractivity contribution in [1.82, 2.24) is 9.80 Å². The van der Waals surface area contributed by atoms with Crippen LogP contribution in [0, 0.1) is 5.41 Å². The van der Waals surface area contributed by atoms with E-state index >= 15 is 0 Å². The first-order chi connectivity index (χ1) is 6.09. The molecule has 13 heavy (non-hydrogen) atoms. The number of piperazine rings is 1. The van der Waals surface area contributed by atoms with Gasteiger partial charge in [-0.1, -0.05) is 0 Å². The van der Waals surface area contributed by atoms with Crippen molar-refractivity contribution >= 4 is 5.84 Å². The van der Waals surface area contributed by atoms with Crippen LogP contribution in [0.4, 0.5) is 0 Å². The first-order valence-corrected chi connectivity index (χ1v) is 4.85. The molecule has 0 bridgehead atoms. The van der Waals surface area contributed by atoms with E-state index in [-0.39, 0.29) is 0 Å². The monoisotopic (exact) mass is 184 g/mol. The summed E-state index contributed by atoms with van der Waals surface area (Å²) in [5.41, 5.74) is 5.37. The molecule has 1 atom stereocenters. The van der Waals surface area contributed by atoms with Crippen molar-refractivity contribution < 1.29 is 0 Å². The predicted molar refractivity (Wildman–Crippen MR) is 55.1 cm³/mol. The van der Waals surface area contributed by atoms with Gasteiger partial charge >= 0.3 is 0 Å². The largest absolute Gasteiger partial charge is 0.388 e. The summed E-state index contributed by atoms with van der Waals surface area (Å²) >= 11 is 0. The molecule has 1 aliphatic heterocycles. The third-order valence-electron chi connectivity index (χ3n) is 2.68. The summed E-state index contributed by atoms with van der Waals surface area (Å²) in [6.07, 6.45) is 0.698. The molecule has 1 fully saturated rings. The van der Waals surface area contributed by atoms with E-state index in [0.717, 1.165) is 26.2 Å². The predicted octanol–water partition coefficient (Wildman–Crippen LogP) is -0.0516. The maximum Gasteiger partial charge on any atom is 0.0920 e. The first kappa shape index (κ1) is 10.5. The van der Waals surface area contributed by atoms with Crippen molar-refractivity contribution in [3.8, 4) is 0 Å². The van der Waals surface area contributed by atoms with Crippen molar-refractivity contribution in [3.05, 3.63) is 0 Å². The van der Waals surface area contributed by atoms with Gasteiger partial charge in [0.05, 0.1) is 5.84 Å². The number of amidine groups is 1. The molecule has 0 saturated carbocycles. The van der Waals surface area contributed by atoms with E-state index in [1.54, 1.807) is 0 Å². The molecule has 1 unspecified atom stereocenters. The standard InChI is InChI=1S/C9H20N4/c1-8(7-9(10)11)13-5-3-12(2)4-6-13/h8H,3-7H2,1-2H3,(H3,10,11). The minimum atomic E-state index is 0.298. The van der Waals surface area contributed by atoms with E-state index in [4.69, 9.17) is 11.1 Å². The molecule has 0 aromatic carbocycles. The molecule has 1 saturated heterocycles. The molecule has 0 aromatic heterocycles. The average molecular weight is 184 g/mol. The highest BCUT2D eigenvalue weighted by molar-refractivity contribution is 5.77. The second-order valence-corrected chi connectivity index (χ2v) is 3.92. The molecule has 0 radical (unpaired) electrons. The van der Waals surface area contributed by atoms with Crippen LogP contribution in [0.3, 0.4) is 0 Å². The quantitative estimate of drug-likeness (QED) is 0.477. The Labute approximate surface area is 80.2 Å². The fourth-order valence-corrected chi connectivity index (χ4v) is 1.71. The first-order valence-electron chi connectivity index (χ1n) is 4.85. The molecule has 3 N–H and O–H groups in total. The van der Waals surface area contributed by atoms with Crippen LogP contribution in [-0.2, 0) is 0 Å². The smallest absolute Gasteiger partial charge is 0.0920 e. The summed E-state index contributed by atoms with van der Waals surface area (Å²) in [7, 11) is 2.15. The number of hydrogen-bond donors (Lipinski definition) is 2. The van der Waals surface area contributed by atoms with Gasteiger partial charge in [0.1, 0.15) is 0 Å². The van der Waals surface area contributed by atoms with Gasteiger partial charge in [0.2, 0.25) is 0 Å². The van der Waals surface area contributed by atoms with Gasteiger partial charge < -0.3 is 10.6 Å². The topological polar surface area (TPSA) is 56.4 Å². The van der Waals surface area contributed by atoms with Gasteiger partial charge in [-0.25, -0.2) is 0 Å². The van der Waals surface area contributed by atoms with Crippen LogP contribution in [0.15, 0.2) is 0 Å². The van der Waals surface area contributed by atoms with Crippen molar-refractivity contribution in [2.75, 3.05) is 33.2 Å². The van der Waals surface area contributed by atoms with Crippen molar-refractivity contribution in [2.24, 2.45) is 5.73 Å². The number of nitrogens with zero attached hydrogens (tertiary/aromatic N) is 2. The number of hydrogen-bond acceptors (Lipinski definition) is 3. The lowest BCUT2D eigenvalue weighted by Crippen LogP contribution is -2.48. The van der Waals surface area contributed by atoms with Crippen molar-refractivity contribution in [1.29, 1.82) is 5.41 Å². The maximum absolute atomic E-state index is 7.22. The number of likely N-dealkylation sites (N-methyl/N-ethyl adjacent to an activating group) is 1. The number of rotatable bonds is 3. The van der Waals surface area contributed by atoms with Gasteiger partial charge in [-0.15, -0.1) is 0 Å². The Balaban J connectivity index is 2.31. The Morgan fingerprint density at radius 1 is 1.38 bits per heavy atom. The van der Waals surface area contributed by atoms with Crippen LogP contribution in [-0.4, -0.2) is 54.9 Å². The molecule has 1 rings (SSSR count). The van der Waals surface area contributed by atoms with E-state index in [1.807, 2.05) is 0 Å². The maximum atomic E-state index is 7.22. The van der Waals surface area contributed by atoms with Crippen molar-refractivity contribution in [3.63, 3.8) is 0 Å². The lowest BCUT2D eigenvalue weighted by atomic mass is 10.1. The van der Waals surface area contributed by atoms with Gasteiger partial charge in [-0.3, -0.25) is 10.3 Å². The molecule has 76 valence electrons. The SMILES string of the molecule is CC(CC(=N)N)N1CCN(C)CC1. The normalized spacial score (nSPS) is 22.9. The Kier molecular flexibility index (Phi) is 3.69. The van der Waals surface area contributed by atoms with E-state index in [0.29, 0.717) is 18.3 Å². The van der Waals surface area contributed by atoms with E-state index in [2.05, 4.69) is 23.8 Å². The highest BCUT2D eigenvalue weighted by Crippen LogP contribution is 2.07. The zero-order chi connectivity index (χ0) is 9.84. The zero-order valence-corrected chi connectivity index (χ0v) is 8.58. The summed E-state index contributed by atoms with van der Waals surface area (Å²) in [5.74, 6) is 0.298. The van der Waals surface area contributed by atoms with Gasteiger partial charge in [0, 0.05) is 38.6 Å². The van der Waals surface area contributed by atoms with Crippen LogP contribution in [0.2, 0.25) is 0 Å². The fourth-order valence-electron chi connectivity index (χ4n) is 1.71.